The minimum Gasteiger partial charge on any atom is -0.322 e. The van der Waals surface area contributed by atoms with Crippen molar-refractivity contribution in [1.82, 2.24) is 15.1 Å². The van der Waals surface area contributed by atoms with Crippen LogP contribution in [0.5, 0.6) is 0 Å². The first-order valence-corrected chi connectivity index (χ1v) is 12.1. The Hall–Kier alpha value is -2.99. The van der Waals surface area contributed by atoms with Crippen molar-refractivity contribution >= 4 is 17.7 Å². The van der Waals surface area contributed by atoms with Gasteiger partial charge in [-0.15, -0.1) is 0 Å². The van der Waals surface area contributed by atoms with Crippen LogP contribution in [-0.2, 0) is 22.7 Å². The molecule has 0 aromatic heterocycles. The van der Waals surface area contributed by atoms with Crippen LogP contribution in [-0.4, -0.2) is 45.6 Å². The van der Waals surface area contributed by atoms with E-state index in [1.807, 2.05) is 6.07 Å². The number of nitrogens with zero attached hydrogens (tertiary/aromatic N) is 2. The molecule has 6 rings (SSSR count). The number of hydrogen-bond acceptors (Lipinski definition) is 4. The zero-order chi connectivity index (χ0) is 22.5. The zero-order valence-corrected chi connectivity index (χ0v) is 18.7. The third kappa shape index (κ3) is 3.66. The van der Waals surface area contributed by atoms with Crippen LogP contribution >= 0.6 is 0 Å². The van der Waals surface area contributed by atoms with Gasteiger partial charge in [0.25, 0.3) is 5.91 Å². The molecule has 6 nitrogen and oxygen atoms in total. The molecule has 2 aromatic carbocycles. The van der Waals surface area contributed by atoms with Crippen LogP contribution in [0.4, 0.5) is 0 Å². The Morgan fingerprint density at radius 3 is 2.39 bits per heavy atom. The maximum Gasteiger partial charge on any atom is 0.255 e. The Morgan fingerprint density at radius 1 is 0.909 bits per heavy atom. The van der Waals surface area contributed by atoms with Crippen molar-refractivity contribution in [3.63, 3.8) is 0 Å². The molecule has 1 N–H and O–H groups in total. The first kappa shape index (κ1) is 20.6. The minimum absolute atomic E-state index is 0.0937. The van der Waals surface area contributed by atoms with Gasteiger partial charge in [-0.05, 0) is 60.8 Å². The number of carbonyl (C=O) groups is 3. The Morgan fingerprint density at radius 2 is 1.67 bits per heavy atom. The monoisotopic (exact) mass is 443 g/mol. The highest BCUT2D eigenvalue weighted by molar-refractivity contribution is 6.05. The molecule has 2 bridgehead atoms. The highest BCUT2D eigenvalue weighted by Crippen LogP contribution is 2.44. The van der Waals surface area contributed by atoms with Crippen LogP contribution in [0.25, 0.3) is 0 Å². The van der Waals surface area contributed by atoms with Crippen molar-refractivity contribution in [2.75, 3.05) is 0 Å². The number of benzene rings is 2. The summed E-state index contributed by atoms with van der Waals surface area (Å²) in [5.41, 5.74) is 4.43. The van der Waals surface area contributed by atoms with Gasteiger partial charge in [0, 0.05) is 37.2 Å². The van der Waals surface area contributed by atoms with Gasteiger partial charge in [0.2, 0.25) is 11.8 Å². The first-order chi connectivity index (χ1) is 16.1. The molecule has 3 saturated heterocycles. The van der Waals surface area contributed by atoms with E-state index in [1.54, 1.807) is 4.90 Å². The van der Waals surface area contributed by atoms with E-state index in [0.717, 1.165) is 24.9 Å². The second-order valence-corrected chi connectivity index (χ2v) is 10.0. The number of imide groups is 1. The summed E-state index contributed by atoms with van der Waals surface area (Å²) in [4.78, 5) is 41.1. The smallest absolute Gasteiger partial charge is 0.255 e. The molecule has 3 atom stereocenters. The fourth-order valence-corrected chi connectivity index (χ4v) is 6.45. The summed E-state index contributed by atoms with van der Waals surface area (Å²) in [6, 6.07) is 17.7. The Labute approximate surface area is 193 Å². The Kier molecular flexibility index (Phi) is 5.06. The molecule has 0 radical (unpaired) electrons. The van der Waals surface area contributed by atoms with Crippen LogP contribution in [0.1, 0.15) is 71.5 Å². The fraction of sp³-hybridized carbons (Fsp3) is 0.444. The van der Waals surface area contributed by atoms with Gasteiger partial charge in [-0.25, -0.2) is 0 Å². The molecule has 4 aliphatic rings. The molecule has 6 heteroatoms. The normalized spacial score (nSPS) is 29.3. The lowest BCUT2D eigenvalue weighted by molar-refractivity contribution is -0.136. The SMILES string of the molecule is O=C1CCC(N2Cc3cc(C4CC5CCC(C4)N5Cc4ccccc4)ccc3C2=O)C(=O)N1. The topological polar surface area (TPSA) is 69.7 Å². The Bertz CT molecular complexity index is 1100. The van der Waals surface area contributed by atoms with Crippen LogP contribution in [0.3, 0.4) is 0 Å². The molecular formula is C27H29N3O3. The summed E-state index contributed by atoms with van der Waals surface area (Å²) in [5.74, 6) is -0.186. The maximum absolute atomic E-state index is 13.0. The van der Waals surface area contributed by atoms with Crippen molar-refractivity contribution in [1.29, 1.82) is 0 Å². The fourth-order valence-electron chi connectivity index (χ4n) is 6.45. The largest absolute Gasteiger partial charge is 0.322 e. The van der Waals surface area contributed by atoms with Gasteiger partial charge in [0.15, 0.2) is 0 Å². The van der Waals surface area contributed by atoms with Gasteiger partial charge in [-0.3, -0.25) is 24.6 Å². The van der Waals surface area contributed by atoms with E-state index in [0.29, 0.717) is 36.5 Å². The summed E-state index contributed by atoms with van der Waals surface area (Å²) in [5, 5.41) is 2.38. The number of carbonyl (C=O) groups excluding carboxylic acids is 3. The van der Waals surface area contributed by atoms with E-state index in [2.05, 4.69) is 52.7 Å². The van der Waals surface area contributed by atoms with E-state index >= 15 is 0 Å². The lowest BCUT2D eigenvalue weighted by Crippen LogP contribution is -2.52. The number of hydrogen-bond donors (Lipinski definition) is 1. The van der Waals surface area contributed by atoms with Crippen molar-refractivity contribution in [2.24, 2.45) is 0 Å². The molecule has 0 saturated carbocycles. The molecule has 3 fully saturated rings. The van der Waals surface area contributed by atoms with E-state index in [9.17, 15) is 14.4 Å². The number of amides is 3. The lowest BCUT2D eigenvalue weighted by atomic mass is 9.84. The molecule has 2 aromatic rings. The molecule has 33 heavy (non-hydrogen) atoms. The standard InChI is InChI=1S/C27H29N3O3/c31-25-11-10-24(26(32)28-25)30-16-20-12-18(6-9-23(20)27(30)33)19-13-21-7-8-22(14-19)29(21)15-17-4-2-1-3-5-17/h1-6,9,12,19,21-22,24H,7-8,10-11,13-16H2,(H,28,31,32). The van der Waals surface area contributed by atoms with Crippen LogP contribution in [0, 0.1) is 0 Å². The van der Waals surface area contributed by atoms with E-state index in [1.165, 1.54) is 24.0 Å². The van der Waals surface area contributed by atoms with Crippen molar-refractivity contribution in [2.45, 2.75) is 75.7 Å². The molecule has 3 amide bonds. The van der Waals surface area contributed by atoms with Crippen molar-refractivity contribution < 1.29 is 14.4 Å². The van der Waals surface area contributed by atoms with E-state index < -0.39 is 6.04 Å². The van der Waals surface area contributed by atoms with Gasteiger partial charge < -0.3 is 4.90 Å². The molecule has 3 unspecified atom stereocenters. The average molecular weight is 444 g/mol. The van der Waals surface area contributed by atoms with Crippen LogP contribution in [0.2, 0.25) is 0 Å². The first-order valence-electron chi connectivity index (χ1n) is 12.1. The summed E-state index contributed by atoms with van der Waals surface area (Å²) in [6.07, 6.45) is 5.54. The highest BCUT2D eigenvalue weighted by Gasteiger charge is 2.42. The summed E-state index contributed by atoms with van der Waals surface area (Å²) >= 11 is 0. The Balaban J connectivity index is 1.17. The average Bonchev–Trinajstić information content (AvgIpc) is 3.24. The van der Waals surface area contributed by atoms with Crippen LogP contribution in [0.15, 0.2) is 48.5 Å². The van der Waals surface area contributed by atoms with Crippen molar-refractivity contribution in [3.05, 3.63) is 70.8 Å². The predicted molar refractivity (Wildman–Crippen MR) is 123 cm³/mol. The molecule has 4 heterocycles. The highest BCUT2D eigenvalue weighted by atomic mass is 16.2. The third-order valence-electron chi connectivity index (χ3n) is 8.11. The number of piperidine rings is 2. The molecule has 0 aliphatic carbocycles. The van der Waals surface area contributed by atoms with Gasteiger partial charge in [-0.2, -0.15) is 0 Å². The second kappa shape index (κ2) is 8.10. The summed E-state index contributed by atoms with van der Waals surface area (Å²) in [7, 11) is 0. The number of fused-ring (bicyclic) bond motifs is 3. The summed E-state index contributed by atoms with van der Waals surface area (Å²) in [6.45, 7) is 1.48. The van der Waals surface area contributed by atoms with E-state index in [-0.39, 0.29) is 24.1 Å². The van der Waals surface area contributed by atoms with Gasteiger partial charge >= 0.3 is 0 Å². The van der Waals surface area contributed by atoms with Gasteiger partial charge in [0.1, 0.15) is 6.04 Å². The summed E-state index contributed by atoms with van der Waals surface area (Å²) < 4.78 is 0. The minimum atomic E-state index is -0.553. The quantitative estimate of drug-likeness (QED) is 0.736. The number of nitrogens with one attached hydrogen (secondary N) is 1. The third-order valence-corrected chi connectivity index (χ3v) is 8.11. The second-order valence-electron chi connectivity index (χ2n) is 10.0. The van der Waals surface area contributed by atoms with Gasteiger partial charge in [0.05, 0.1) is 0 Å². The zero-order valence-electron chi connectivity index (χ0n) is 18.7. The molecule has 0 spiro atoms. The van der Waals surface area contributed by atoms with E-state index in [4.69, 9.17) is 0 Å². The van der Waals surface area contributed by atoms with Crippen molar-refractivity contribution in [3.8, 4) is 0 Å². The molecule has 170 valence electrons. The maximum atomic E-state index is 13.0. The number of rotatable bonds is 4. The molecular weight excluding hydrogens is 414 g/mol. The van der Waals surface area contributed by atoms with Gasteiger partial charge in [-0.1, -0.05) is 42.5 Å². The van der Waals surface area contributed by atoms with Crippen LogP contribution < -0.4 is 5.32 Å². The predicted octanol–water partition coefficient (Wildman–Crippen LogP) is 3.36. The molecule has 4 aliphatic heterocycles. The lowest BCUT2D eigenvalue weighted by Gasteiger charge is -2.39.